The quantitative estimate of drug-likeness (QED) is 0.204. The second-order valence-electron chi connectivity index (χ2n) is 9.48. The fraction of sp³-hybridized carbons (Fsp3) is 0.250. The van der Waals surface area contributed by atoms with Crippen LogP contribution in [0, 0.1) is 11.6 Å². The van der Waals surface area contributed by atoms with E-state index in [0.29, 0.717) is 15.4 Å². The minimum Gasteiger partial charge on any atom is -0.497 e. The lowest BCUT2D eigenvalue weighted by Gasteiger charge is -2.18. The van der Waals surface area contributed by atoms with E-state index in [4.69, 9.17) is 4.74 Å². The van der Waals surface area contributed by atoms with Gasteiger partial charge in [-0.25, -0.2) is 13.8 Å². The minimum atomic E-state index is -5.07. The van der Waals surface area contributed by atoms with Crippen molar-refractivity contribution >= 4 is 17.4 Å². The van der Waals surface area contributed by atoms with E-state index in [1.165, 1.54) is 6.92 Å². The van der Waals surface area contributed by atoms with E-state index in [0.717, 1.165) is 56.6 Å². The molecule has 0 saturated carbocycles. The SMILES string of the molecule is COc1cc(F)c(-c2c(NC(=O)c3ccc(OC(F)F)cc3)c(=O)n(-c3nc(N[C@@H](C)CO)ccc3C(F)(F)F)n2C)c(F)c1. The fourth-order valence-corrected chi connectivity index (χ4v) is 4.32. The van der Waals surface area contributed by atoms with E-state index in [9.17, 15) is 36.6 Å². The molecule has 2 aromatic heterocycles. The molecule has 240 valence electrons. The number of hydrogen-bond acceptors (Lipinski definition) is 7. The average molecular weight is 644 g/mol. The summed E-state index contributed by atoms with van der Waals surface area (Å²) in [5.74, 6) is -5.43. The van der Waals surface area contributed by atoms with Crippen molar-refractivity contribution in [2.75, 3.05) is 24.4 Å². The smallest absolute Gasteiger partial charge is 0.420 e. The minimum absolute atomic E-state index is 0.187. The number of ether oxygens (including phenoxy) is 2. The van der Waals surface area contributed by atoms with Crippen LogP contribution < -0.4 is 25.7 Å². The lowest BCUT2D eigenvalue weighted by molar-refractivity contribution is -0.137. The summed E-state index contributed by atoms with van der Waals surface area (Å²) in [4.78, 5) is 30.9. The van der Waals surface area contributed by atoms with Crippen LogP contribution in [-0.4, -0.2) is 51.7 Å². The van der Waals surface area contributed by atoms with E-state index < -0.39 is 76.9 Å². The first-order valence-electron chi connectivity index (χ1n) is 12.8. The summed E-state index contributed by atoms with van der Waals surface area (Å²) in [5.41, 5.74) is -5.43. The highest BCUT2D eigenvalue weighted by atomic mass is 19.4. The zero-order valence-corrected chi connectivity index (χ0v) is 23.5. The summed E-state index contributed by atoms with van der Waals surface area (Å²) in [5, 5.41) is 14.2. The third-order valence-electron chi connectivity index (χ3n) is 6.38. The molecule has 0 aliphatic heterocycles. The van der Waals surface area contributed by atoms with Gasteiger partial charge in [0.2, 0.25) is 0 Å². The Morgan fingerprint density at radius 2 is 1.67 bits per heavy atom. The molecule has 45 heavy (non-hydrogen) atoms. The van der Waals surface area contributed by atoms with Gasteiger partial charge >= 0.3 is 12.8 Å². The number of amides is 1. The molecule has 10 nitrogen and oxygen atoms in total. The summed E-state index contributed by atoms with van der Waals surface area (Å²) in [7, 11) is 2.15. The normalized spacial score (nSPS) is 12.3. The number of nitrogens with zero attached hydrogens (tertiary/aromatic N) is 3. The standard InChI is InChI=1S/C28H24F7N5O5/c1-13(12-41)36-20-9-8-17(28(33,34)35)24(37-20)40-26(43)22(38-25(42)14-4-6-15(7-5-14)45-27(31)32)23(39(40)2)21-18(29)10-16(44-3)11-19(21)30/h4-11,13,27,41H,12H2,1-3H3,(H,36,37)(H,38,42)/t13-/m0/s1. The van der Waals surface area contributed by atoms with Crippen LogP contribution >= 0.6 is 0 Å². The molecule has 2 heterocycles. The van der Waals surface area contributed by atoms with Crippen LogP contribution in [0.5, 0.6) is 11.5 Å². The van der Waals surface area contributed by atoms with Crippen LogP contribution in [0.2, 0.25) is 0 Å². The molecule has 0 radical (unpaired) electrons. The fourth-order valence-electron chi connectivity index (χ4n) is 4.32. The van der Waals surface area contributed by atoms with Gasteiger partial charge in [-0.3, -0.25) is 14.3 Å². The summed E-state index contributed by atoms with van der Waals surface area (Å²) >= 11 is 0. The summed E-state index contributed by atoms with van der Waals surface area (Å²) < 4.78 is 108. The van der Waals surface area contributed by atoms with Gasteiger partial charge in [0, 0.05) is 30.8 Å². The average Bonchev–Trinajstić information content (AvgIpc) is 3.20. The van der Waals surface area contributed by atoms with E-state index in [-0.39, 0.29) is 22.9 Å². The number of nitrogens with one attached hydrogen (secondary N) is 2. The Labute approximate surface area is 249 Å². The number of halogens is 7. The number of anilines is 2. The van der Waals surface area contributed by atoms with E-state index in [2.05, 4.69) is 20.4 Å². The van der Waals surface area contributed by atoms with Crippen molar-refractivity contribution in [1.82, 2.24) is 14.3 Å². The van der Waals surface area contributed by atoms with Crippen molar-refractivity contribution < 1.29 is 50.1 Å². The van der Waals surface area contributed by atoms with Crippen LogP contribution in [0.15, 0.2) is 53.3 Å². The van der Waals surface area contributed by atoms with Crippen molar-refractivity contribution in [2.24, 2.45) is 7.05 Å². The maximum atomic E-state index is 15.3. The number of benzene rings is 2. The lowest BCUT2D eigenvalue weighted by atomic mass is 10.1. The third-order valence-corrected chi connectivity index (χ3v) is 6.38. The number of aliphatic hydroxyl groups excluding tert-OH is 1. The molecule has 3 N–H and O–H groups in total. The Balaban J connectivity index is 1.97. The van der Waals surface area contributed by atoms with Crippen LogP contribution in [0.1, 0.15) is 22.8 Å². The number of rotatable bonds is 10. The number of aromatic nitrogens is 3. The molecule has 0 aliphatic rings. The second kappa shape index (κ2) is 12.9. The van der Waals surface area contributed by atoms with Gasteiger partial charge in [0.05, 0.1) is 19.3 Å². The van der Waals surface area contributed by atoms with E-state index in [1.807, 2.05) is 0 Å². The predicted octanol–water partition coefficient (Wildman–Crippen LogP) is 5.19. The molecule has 1 atom stereocenters. The molecule has 2 aromatic carbocycles. The Morgan fingerprint density at radius 1 is 1.04 bits per heavy atom. The van der Waals surface area contributed by atoms with Gasteiger partial charge in [-0.05, 0) is 43.3 Å². The first kappa shape index (κ1) is 32.8. The van der Waals surface area contributed by atoms with Crippen LogP contribution in [0.25, 0.3) is 17.1 Å². The molecular formula is C28H24F7N5O5. The Hall–Kier alpha value is -5.06. The van der Waals surface area contributed by atoms with Crippen molar-refractivity contribution in [1.29, 1.82) is 0 Å². The first-order chi connectivity index (χ1) is 21.2. The van der Waals surface area contributed by atoms with Crippen LogP contribution in [0.4, 0.5) is 42.2 Å². The molecule has 0 saturated heterocycles. The predicted molar refractivity (Wildman–Crippen MR) is 147 cm³/mol. The first-order valence-corrected chi connectivity index (χ1v) is 12.8. The summed E-state index contributed by atoms with van der Waals surface area (Å²) in [6, 6.07) is 6.54. The van der Waals surface area contributed by atoms with Gasteiger partial charge in [-0.15, -0.1) is 0 Å². The third kappa shape index (κ3) is 6.87. The summed E-state index contributed by atoms with van der Waals surface area (Å²) in [6.07, 6.45) is -5.07. The molecular weight excluding hydrogens is 619 g/mol. The van der Waals surface area contributed by atoms with E-state index >= 15 is 8.78 Å². The molecule has 4 rings (SSSR count). The van der Waals surface area contributed by atoms with Crippen molar-refractivity contribution in [3.05, 3.63) is 81.6 Å². The van der Waals surface area contributed by atoms with Gasteiger partial charge in [0.1, 0.15) is 45.9 Å². The molecule has 0 unspecified atom stereocenters. The summed E-state index contributed by atoms with van der Waals surface area (Å²) in [6.45, 7) is -2.07. The highest BCUT2D eigenvalue weighted by molar-refractivity contribution is 6.06. The number of pyridine rings is 1. The van der Waals surface area contributed by atoms with Crippen molar-refractivity contribution in [2.45, 2.75) is 25.8 Å². The zero-order valence-electron chi connectivity index (χ0n) is 23.5. The monoisotopic (exact) mass is 643 g/mol. The van der Waals surface area contributed by atoms with Gasteiger partial charge in [0.15, 0.2) is 5.82 Å². The van der Waals surface area contributed by atoms with Crippen LogP contribution in [0.3, 0.4) is 0 Å². The second-order valence-corrected chi connectivity index (χ2v) is 9.48. The maximum Gasteiger partial charge on any atom is 0.420 e. The number of hydrogen-bond donors (Lipinski definition) is 3. The van der Waals surface area contributed by atoms with Crippen LogP contribution in [-0.2, 0) is 13.2 Å². The van der Waals surface area contributed by atoms with Gasteiger partial charge in [-0.1, -0.05) is 0 Å². The number of carbonyl (C=O) groups excluding carboxylic acids is 1. The lowest BCUT2D eigenvalue weighted by Crippen LogP contribution is -2.27. The van der Waals surface area contributed by atoms with E-state index in [1.54, 1.807) is 0 Å². The molecule has 1 amide bonds. The number of alkyl halides is 5. The Bertz CT molecular complexity index is 1750. The Morgan fingerprint density at radius 3 is 2.20 bits per heavy atom. The highest BCUT2D eigenvalue weighted by Crippen LogP contribution is 2.37. The topological polar surface area (TPSA) is 120 Å². The zero-order chi connectivity index (χ0) is 33.2. The number of aliphatic hydroxyl groups is 1. The van der Waals surface area contributed by atoms with Crippen molar-refractivity contribution in [3.8, 4) is 28.6 Å². The molecule has 4 aromatic rings. The van der Waals surface area contributed by atoms with Crippen molar-refractivity contribution in [3.63, 3.8) is 0 Å². The molecule has 0 fully saturated rings. The van der Waals surface area contributed by atoms with Gasteiger partial charge in [-0.2, -0.15) is 26.6 Å². The largest absolute Gasteiger partial charge is 0.497 e. The van der Waals surface area contributed by atoms with Gasteiger partial charge < -0.3 is 25.2 Å². The number of methoxy groups -OCH3 is 1. The molecule has 0 aliphatic carbocycles. The van der Waals surface area contributed by atoms with Gasteiger partial charge in [0.25, 0.3) is 11.5 Å². The highest BCUT2D eigenvalue weighted by Gasteiger charge is 2.38. The number of carbonyl (C=O) groups is 1. The molecule has 0 spiro atoms. The molecule has 0 bridgehead atoms. The maximum absolute atomic E-state index is 15.3. The Kier molecular flexibility index (Phi) is 9.41. The molecule has 17 heteroatoms.